The van der Waals surface area contributed by atoms with Gasteiger partial charge in [-0.3, -0.25) is 5.43 Å². The van der Waals surface area contributed by atoms with E-state index >= 15 is 0 Å². The molecule has 0 aliphatic rings. The van der Waals surface area contributed by atoms with Crippen LogP contribution < -0.4 is 19.6 Å². The van der Waals surface area contributed by atoms with Gasteiger partial charge in [-0.2, -0.15) is 15.1 Å². The van der Waals surface area contributed by atoms with Gasteiger partial charge in [-0.05, 0) is 30.3 Å². The highest BCUT2D eigenvalue weighted by molar-refractivity contribution is 6.33. The van der Waals surface area contributed by atoms with Gasteiger partial charge in [0.15, 0.2) is 0 Å². The predicted octanol–water partition coefficient (Wildman–Crippen LogP) is 5.04. The number of hydrogen-bond acceptors (Lipinski definition) is 7. The molecule has 0 saturated heterocycles. The van der Waals surface area contributed by atoms with Crippen molar-refractivity contribution in [2.75, 3.05) is 19.6 Å². The van der Waals surface area contributed by atoms with Crippen LogP contribution in [0.4, 0.5) is 5.69 Å². The van der Waals surface area contributed by atoms with Crippen LogP contribution in [0.25, 0.3) is 0 Å². The first kappa shape index (κ1) is 19.7. The summed E-state index contributed by atoms with van der Waals surface area (Å²) in [5.74, 6) is 1.03. The summed E-state index contributed by atoms with van der Waals surface area (Å²) < 4.78 is 16.0. The van der Waals surface area contributed by atoms with Crippen molar-refractivity contribution in [3.05, 3.63) is 64.1 Å². The average Bonchev–Trinajstić information content (AvgIpc) is 2.69. The molecule has 1 heterocycles. The minimum Gasteiger partial charge on any atom is -0.481 e. The van der Waals surface area contributed by atoms with Crippen LogP contribution in [0, 0.1) is 0 Å². The number of halogens is 2. The summed E-state index contributed by atoms with van der Waals surface area (Å²) in [6, 6.07) is 14.0. The van der Waals surface area contributed by atoms with Crippen molar-refractivity contribution in [2.24, 2.45) is 5.10 Å². The van der Waals surface area contributed by atoms with E-state index in [1.807, 2.05) is 12.1 Å². The molecule has 9 heteroatoms. The van der Waals surface area contributed by atoms with E-state index in [-0.39, 0.29) is 6.01 Å². The van der Waals surface area contributed by atoms with E-state index in [1.54, 1.807) is 36.4 Å². The minimum atomic E-state index is 0.0518. The fourth-order valence-electron chi connectivity index (χ4n) is 2.20. The second-order valence-corrected chi connectivity index (χ2v) is 6.21. The fourth-order valence-corrected chi connectivity index (χ4v) is 2.60. The number of nitrogens with zero attached hydrogens (tertiary/aromatic N) is 3. The van der Waals surface area contributed by atoms with Gasteiger partial charge in [0.25, 0.3) is 0 Å². The van der Waals surface area contributed by atoms with Crippen molar-refractivity contribution < 1.29 is 14.2 Å². The van der Waals surface area contributed by atoms with Gasteiger partial charge >= 0.3 is 6.01 Å². The molecular formula is C19H16Cl2N4O3. The maximum atomic E-state index is 6.31. The lowest BCUT2D eigenvalue weighted by atomic mass is 10.2. The molecule has 0 spiro atoms. The fraction of sp³-hybridized carbons (Fsp3) is 0.105. The van der Waals surface area contributed by atoms with Gasteiger partial charge in [-0.1, -0.05) is 35.3 Å². The zero-order chi connectivity index (χ0) is 19.9. The second-order valence-electron chi connectivity index (χ2n) is 5.37. The van der Waals surface area contributed by atoms with Crippen LogP contribution in [0.5, 0.6) is 23.5 Å². The van der Waals surface area contributed by atoms with Crippen molar-refractivity contribution >= 4 is 35.1 Å². The van der Waals surface area contributed by atoms with Crippen LogP contribution in [0.3, 0.4) is 0 Å². The molecule has 1 N–H and O–H groups in total. The number of ether oxygens (including phenoxy) is 3. The number of benzene rings is 2. The first-order chi connectivity index (χ1) is 13.6. The summed E-state index contributed by atoms with van der Waals surface area (Å²) in [6.07, 6.45) is 1.54. The zero-order valence-corrected chi connectivity index (χ0v) is 16.5. The number of hydrogen-bond donors (Lipinski definition) is 1. The smallest absolute Gasteiger partial charge is 0.328 e. The number of rotatable bonds is 7. The second kappa shape index (κ2) is 9.25. The number of nitrogens with one attached hydrogen (secondary N) is 1. The molecule has 28 heavy (non-hydrogen) atoms. The molecule has 0 atom stereocenters. The minimum absolute atomic E-state index is 0.0518. The molecule has 0 saturated carbocycles. The summed E-state index contributed by atoms with van der Waals surface area (Å²) in [5, 5.41) is 5.25. The normalized spacial score (nSPS) is 10.7. The predicted molar refractivity (Wildman–Crippen MR) is 109 cm³/mol. The third-order valence-corrected chi connectivity index (χ3v) is 4.07. The maximum absolute atomic E-state index is 6.31. The number of hydrazone groups is 1. The Labute approximate surface area is 171 Å². The molecule has 1 aromatic heterocycles. The molecule has 0 aliphatic heterocycles. The van der Waals surface area contributed by atoms with Gasteiger partial charge in [-0.15, -0.1) is 0 Å². The van der Waals surface area contributed by atoms with Crippen LogP contribution in [-0.4, -0.2) is 30.4 Å². The third kappa shape index (κ3) is 5.03. The summed E-state index contributed by atoms with van der Waals surface area (Å²) in [4.78, 5) is 8.30. The molecule has 3 rings (SSSR count). The molecule has 0 unspecified atom stereocenters. The monoisotopic (exact) mass is 418 g/mol. The third-order valence-electron chi connectivity index (χ3n) is 3.50. The standard InChI is InChI=1S/C19H16Cl2N4O3/c1-26-17-10-18(27-2)24-19(23-17)28-16-8-4-7-15(21)14(16)11-22-25-13-6-3-5-12(20)9-13/h3-11,25H,1-2H3/b22-11-. The Morgan fingerprint density at radius 3 is 2.36 bits per heavy atom. The molecule has 0 fully saturated rings. The highest BCUT2D eigenvalue weighted by Crippen LogP contribution is 2.29. The number of anilines is 1. The van der Waals surface area contributed by atoms with Gasteiger partial charge < -0.3 is 14.2 Å². The van der Waals surface area contributed by atoms with Gasteiger partial charge in [-0.25, -0.2) is 0 Å². The zero-order valence-electron chi connectivity index (χ0n) is 15.0. The van der Waals surface area contributed by atoms with Crippen molar-refractivity contribution in [3.8, 4) is 23.5 Å². The van der Waals surface area contributed by atoms with E-state index in [4.69, 9.17) is 37.4 Å². The topological polar surface area (TPSA) is 77.9 Å². The molecule has 0 amide bonds. The average molecular weight is 419 g/mol. The Kier molecular flexibility index (Phi) is 6.52. The first-order valence-electron chi connectivity index (χ1n) is 8.07. The van der Waals surface area contributed by atoms with Crippen LogP contribution in [0.15, 0.2) is 53.6 Å². The van der Waals surface area contributed by atoms with E-state index in [0.29, 0.717) is 33.1 Å². The Morgan fingerprint density at radius 2 is 1.68 bits per heavy atom. The number of methoxy groups -OCH3 is 2. The molecule has 144 valence electrons. The molecule has 3 aromatic rings. The van der Waals surface area contributed by atoms with Crippen LogP contribution in [0.2, 0.25) is 10.0 Å². The summed E-state index contributed by atoms with van der Waals surface area (Å²) in [6.45, 7) is 0. The van der Waals surface area contributed by atoms with Crippen molar-refractivity contribution in [3.63, 3.8) is 0 Å². The van der Waals surface area contributed by atoms with Crippen molar-refractivity contribution in [2.45, 2.75) is 0 Å². The van der Waals surface area contributed by atoms with Crippen molar-refractivity contribution in [1.29, 1.82) is 0 Å². The van der Waals surface area contributed by atoms with Gasteiger partial charge in [0, 0.05) is 5.02 Å². The molecule has 7 nitrogen and oxygen atoms in total. The molecule has 0 aliphatic carbocycles. The lowest BCUT2D eigenvalue weighted by Crippen LogP contribution is -2.00. The first-order valence-corrected chi connectivity index (χ1v) is 8.82. The largest absolute Gasteiger partial charge is 0.481 e. The van der Waals surface area contributed by atoms with E-state index < -0.39 is 0 Å². The molecule has 0 bridgehead atoms. The summed E-state index contributed by atoms with van der Waals surface area (Å²) in [7, 11) is 2.98. The van der Waals surface area contributed by atoms with E-state index in [0.717, 1.165) is 5.69 Å². The lowest BCUT2D eigenvalue weighted by Gasteiger charge is -2.10. The van der Waals surface area contributed by atoms with E-state index in [2.05, 4.69) is 20.5 Å². The highest BCUT2D eigenvalue weighted by atomic mass is 35.5. The van der Waals surface area contributed by atoms with Gasteiger partial charge in [0.05, 0.1) is 42.8 Å². The Morgan fingerprint density at radius 1 is 0.964 bits per heavy atom. The van der Waals surface area contributed by atoms with E-state index in [9.17, 15) is 0 Å². The lowest BCUT2D eigenvalue weighted by molar-refractivity contribution is 0.348. The number of aromatic nitrogens is 2. The Hall–Kier alpha value is -3.03. The van der Waals surface area contributed by atoms with Crippen molar-refractivity contribution in [1.82, 2.24) is 9.97 Å². The van der Waals surface area contributed by atoms with Gasteiger partial charge in [0.1, 0.15) is 5.75 Å². The van der Waals surface area contributed by atoms with Crippen LogP contribution in [0.1, 0.15) is 5.56 Å². The molecule has 0 radical (unpaired) electrons. The van der Waals surface area contributed by atoms with Crippen LogP contribution in [-0.2, 0) is 0 Å². The van der Waals surface area contributed by atoms with E-state index in [1.165, 1.54) is 20.4 Å². The Balaban J connectivity index is 1.85. The SMILES string of the molecule is COc1cc(OC)nc(Oc2cccc(Cl)c2/C=N\Nc2cccc(Cl)c2)n1. The van der Waals surface area contributed by atoms with Gasteiger partial charge in [0.2, 0.25) is 11.8 Å². The summed E-state index contributed by atoms with van der Waals surface area (Å²) >= 11 is 12.3. The summed E-state index contributed by atoms with van der Waals surface area (Å²) in [5.41, 5.74) is 4.17. The highest BCUT2D eigenvalue weighted by Gasteiger charge is 2.12. The van der Waals surface area contributed by atoms with Crippen LogP contribution >= 0.6 is 23.2 Å². The quantitative estimate of drug-likeness (QED) is 0.427. The Bertz CT molecular complexity index is 976. The molecule has 2 aromatic carbocycles. The molecular weight excluding hydrogens is 403 g/mol. The maximum Gasteiger partial charge on any atom is 0.328 e.